The number of fused-ring (bicyclic) bond motifs is 1. The maximum atomic E-state index is 10.9. The standard InChI is InChI=1S/C25H28N2O2.CH4O/c1-4-6-11-24-23-10-7-9-21(25(23)27(3)26-24)18-29-22-14-12-20(13-15-22)19(8-5-2)16-17-28;1-2/h7,9-10,12-15,17,19H,4,6,11,16,18H2,1-3H3;2H,1H3/t19-;/m0./s1. The van der Waals surface area contributed by atoms with Crippen molar-refractivity contribution in [1.29, 1.82) is 0 Å². The minimum absolute atomic E-state index is 0.0590. The van der Waals surface area contributed by atoms with Gasteiger partial charge in [0.15, 0.2) is 0 Å². The summed E-state index contributed by atoms with van der Waals surface area (Å²) in [4.78, 5) is 10.9. The van der Waals surface area contributed by atoms with Crippen molar-refractivity contribution in [1.82, 2.24) is 9.78 Å². The van der Waals surface area contributed by atoms with Crippen molar-refractivity contribution < 1.29 is 14.6 Å². The molecular weight excluding hydrogens is 388 g/mol. The highest BCUT2D eigenvalue weighted by molar-refractivity contribution is 5.85. The number of aliphatic hydroxyl groups is 1. The van der Waals surface area contributed by atoms with Crippen molar-refractivity contribution in [3.8, 4) is 17.6 Å². The Kier molecular flexibility index (Phi) is 9.80. The third-order valence-electron chi connectivity index (χ3n) is 5.12. The van der Waals surface area contributed by atoms with Crippen molar-refractivity contribution in [3.63, 3.8) is 0 Å². The highest BCUT2D eigenvalue weighted by Crippen LogP contribution is 2.26. The lowest BCUT2D eigenvalue weighted by Gasteiger charge is -2.11. The number of nitrogens with zero attached hydrogens (tertiary/aromatic N) is 2. The Morgan fingerprint density at radius 2 is 1.94 bits per heavy atom. The highest BCUT2D eigenvalue weighted by Gasteiger charge is 2.13. The smallest absolute Gasteiger partial charge is 0.121 e. The number of aldehydes is 1. The molecule has 0 saturated carbocycles. The van der Waals surface area contributed by atoms with Crippen molar-refractivity contribution in [2.75, 3.05) is 7.11 Å². The van der Waals surface area contributed by atoms with Gasteiger partial charge in [-0.05, 0) is 37.5 Å². The zero-order valence-corrected chi connectivity index (χ0v) is 18.9. The predicted molar refractivity (Wildman–Crippen MR) is 125 cm³/mol. The van der Waals surface area contributed by atoms with Crippen LogP contribution in [0.1, 0.15) is 55.8 Å². The Hall–Kier alpha value is -3.10. The zero-order chi connectivity index (χ0) is 22.6. The molecule has 1 N–H and O–H groups in total. The van der Waals surface area contributed by atoms with Crippen LogP contribution < -0.4 is 4.74 Å². The van der Waals surface area contributed by atoms with E-state index in [0.29, 0.717) is 13.0 Å². The van der Waals surface area contributed by atoms with Crippen molar-refractivity contribution >= 4 is 17.2 Å². The van der Waals surface area contributed by atoms with Gasteiger partial charge in [-0.3, -0.25) is 4.68 Å². The summed E-state index contributed by atoms with van der Waals surface area (Å²) < 4.78 is 8.02. The number of hydrogen-bond donors (Lipinski definition) is 1. The van der Waals surface area contributed by atoms with E-state index in [9.17, 15) is 4.79 Å². The van der Waals surface area contributed by atoms with Crippen molar-refractivity contribution in [2.24, 2.45) is 7.05 Å². The van der Waals surface area contributed by atoms with Crippen LogP contribution in [-0.4, -0.2) is 28.3 Å². The lowest BCUT2D eigenvalue weighted by Crippen LogP contribution is -2.01. The summed E-state index contributed by atoms with van der Waals surface area (Å²) >= 11 is 0. The van der Waals surface area contributed by atoms with Crippen LogP contribution in [-0.2, 0) is 24.9 Å². The topological polar surface area (TPSA) is 64.3 Å². The molecule has 0 radical (unpaired) electrons. The molecule has 0 aliphatic rings. The van der Waals surface area contributed by atoms with Crippen LogP contribution in [0.25, 0.3) is 10.9 Å². The Labute approximate surface area is 185 Å². The lowest BCUT2D eigenvalue weighted by molar-refractivity contribution is -0.107. The first-order valence-corrected chi connectivity index (χ1v) is 10.6. The van der Waals surface area contributed by atoms with Gasteiger partial charge in [0, 0.05) is 31.5 Å². The molecule has 2 aromatic carbocycles. The molecule has 3 rings (SSSR count). The molecule has 0 aliphatic carbocycles. The van der Waals surface area contributed by atoms with Crippen LogP contribution in [0.15, 0.2) is 42.5 Å². The van der Waals surface area contributed by atoms with Gasteiger partial charge in [0.25, 0.3) is 0 Å². The van der Waals surface area contributed by atoms with E-state index in [0.717, 1.165) is 60.7 Å². The van der Waals surface area contributed by atoms with Crippen LogP contribution in [0.3, 0.4) is 0 Å². The molecule has 0 aliphatic heterocycles. The van der Waals surface area contributed by atoms with Gasteiger partial charge in [-0.1, -0.05) is 49.6 Å². The fraction of sp³-hybridized carbons (Fsp3) is 0.385. The van der Waals surface area contributed by atoms with E-state index in [1.54, 1.807) is 6.92 Å². The molecule has 3 aromatic rings. The fourth-order valence-corrected chi connectivity index (χ4v) is 3.64. The minimum atomic E-state index is -0.0590. The van der Waals surface area contributed by atoms with E-state index in [2.05, 4.69) is 37.0 Å². The van der Waals surface area contributed by atoms with E-state index in [1.807, 2.05) is 36.0 Å². The summed E-state index contributed by atoms with van der Waals surface area (Å²) in [5.74, 6) is 6.73. The molecule has 0 fully saturated rings. The Morgan fingerprint density at radius 3 is 2.58 bits per heavy atom. The maximum Gasteiger partial charge on any atom is 0.121 e. The Balaban J connectivity index is 0.00000166. The number of para-hydroxylation sites is 1. The number of unbranched alkanes of at least 4 members (excludes halogenated alkanes) is 1. The van der Waals surface area contributed by atoms with Gasteiger partial charge in [0.05, 0.1) is 17.1 Å². The molecule has 5 heteroatoms. The van der Waals surface area contributed by atoms with Gasteiger partial charge in [0.1, 0.15) is 18.6 Å². The minimum Gasteiger partial charge on any atom is -0.489 e. The SMILES string of the molecule is CC#C[C@@H](CC=O)c1ccc(OCc2cccc3c(CCCC)nn(C)c23)cc1.CO. The van der Waals surface area contributed by atoms with Gasteiger partial charge in [-0.2, -0.15) is 5.10 Å². The van der Waals surface area contributed by atoms with Gasteiger partial charge in [0.2, 0.25) is 0 Å². The summed E-state index contributed by atoms with van der Waals surface area (Å²) in [6.45, 7) is 4.48. The molecule has 31 heavy (non-hydrogen) atoms. The van der Waals surface area contributed by atoms with Gasteiger partial charge >= 0.3 is 0 Å². The summed E-state index contributed by atoms with van der Waals surface area (Å²) in [7, 11) is 3.00. The number of rotatable bonds is 9. The average Bonchev–Trinajstić information content (AvgIpc) is 3.14. The molecule has 0 spiro atoms. The first-order valence-electron chi connectivity index (χ1n) is 10.6. The molecular formula is C26H32N2O3. The number of carbonyl (C=O) groups excluding carboxylic acids is 1. The number of hydrogen-bond acceptors (Lipinski definition) is 4. The van der Waals surface area contributed by atoms with Crippen LogP contribution >= 0.6 is 0 Å². The quantitative estimate of drug-likeness (QED) is 0.399. The first-order chi connectivity index (χ1) is 15.2. The fourth-order valence-electron chi connectivity index (χ4n) is 3.64. The third kappa shape index (κ3) is 6.19. The lowest BCUT2D eigenvalue weighted by atomic mass is 9.97. The van der Waals surface area contributed by atoms with E-state index in [-0.39, 0.29) is 5.92 Å². The second kappa shape index (κ2) is 12.6. The van der Waals surface area contributed by atoms with Crippen LogP contribution in [0.2, 0.25) is 0 Å². The van der Waals surface area contributed by atoms with E-state index < -0.39 is 0 Å². The molecule has 0 bridgehead atoms. The van der Waals surface area contributed by atoms with Crippen molar-refractivity contribution in [3.05, 3.63) is 59.3 Å². The molecule has 1 atom stereocenters. The summed E-state index contributed by atoms with van der Waals surface area (Å²) in [5, 5.41) is 12.9. The Bertz CT molecular complexity index is 1030. The zero-order valence-electron chi connectivity index (χ0n) is 18.9. The molecule has 1 heterocycles. The first kappa shape index (κ1) is 24.2. The van der Waals surface area contributed by atoms with E-state index >= 15 is 0 Å². The number of benzene rings is 2. The molecule has 5 nitrogen and oxygen atoms in total. The highest BCUT2D eigenvalue weighted by atomic mass is 16.5. The number of carbonyl (C=O) groups is 1. The second-order valence-corrected chi connectivity index (χ2v) is 7.19. The summed E-state index contributed by atoms with van der Waals surface area (Å²) in [6, 6.07) is 14.2. The van der Waals surface area contributed by atoms with E-state index in [4.69, 9.17) is 14.9 Å². The van der Waals surface area contributed by atoms with Gasteiger partial charge < -0.3 is 14.6 Å². The number of aliphatic hydroxyl groups excluding tert-OH is 1. The number of ether oxygens (including phenoxy) is 1. The summed E-state index contributed by atoms with van der Waals surface area (Å²) in [6.07, 6.45) is 4.63. The third-order valence-corrected chi connectivity index (χ3v) is 5.12. The molecule has 0 saturated heterocycles. The van der Waals surface area contributed by atoms with Crippen LogP contribution in [0, 0.1) is 11.8 Å². The monoisotopic (exact) mass is 420 g/mol. The van der Waals surface area contributed by atoms with Crippen molar-refractivity contribution in [2.45, 2.75) is 52.1 Å². The van der Waals surface area contributed by atoms with Crippen LogP contribution in [0.4, 0.5) is 0 Å². The maximum absolute atomic E-state index is 10.9. The molecule has 1 aromatic heterocycles. The average molecular weight is 421 g/mol. The Morgan fingerprint density at radius 1 is 1.19 bits per heavy atom. The molecule has 164 valence electrons. The van der Waals surface area contributed by atoms with Gasteiger partial charge in [-0.25, -0.2) is 0 Å². The summed E-state index contributed by atoms with van der Waals surface area (Å²) in [5.41, 5.74) is 4.46. The van der Waals surface area contributed by atoms with E-state index in [1.165, 1.54) is 5.39 Å². The molecule has 0 amide bonds. The number of aryl methyl sites for hydroxylation is 2. The molecule has 0 unspecified atom stereocenters. The second-order valence-electron chi connectivity index (χ2n) is 7.19. The van der Waals surface area contributed by atoms with Gasteiger partial charge in [-0.15, -0.1) is 5.92 Å². The number of aromatic nitrogens is 2. The predicted octanol–water partition coefficient (Wildman–Crippen LogP) is 4.80. The van der Waals surface area contributed by atoms with Crippen LogP contribution in [0.5, 0.6) is 5.75 Å². The normalized spacial score (nSPS) is 11.1. The largest absolute Gasteiger partial charge is 0.489 e.